The van der Waals surface area contributed by atoms with Crippen molar-refractivity contribution in [3.8, 4) is 0 Å². The molecule has 2 rings (SSSR count). The lowest BCUT2D eigenvalue weighted by molar-refractivity contribution is -0.219. The van der Waals surface area contributed by atoms with Gasteiger partial charge in [0.05, 0.1) is 19.3 Å². The molecule has 0 bridgehead atoms. The molecule has 0 unspecified atom stereocenters. The van der Waals surface area contributed by atoms with Crippen LogP contribution in [0.15, 0.2) is 0 Å². The van der Waals surface area contributed by atoms with Crippen molar-refractivity contribution in [3.05, 3.63) is 0 Å². The number of aliphatic hydroxyl groups excluding tert-OH is 1. The Balaban J connectivity index is 1.68. The zero-order valence-electron chi connectivity index (χ0n) is 11.4. The molecule has 0 aromatic carbocycles. The lowest BCUT2D eigenvalue weighted by Gasteiger charge is -2.29. The van der Waals surface area contributed by atoms with Gasteiger partial charge in [-0.05, 0) is 32.2 Å². The Morgan fingerprint density at radius 3 is 2.75 bits per heavy atom. The average molecular weight is 297 g/mol. The minimum atomic E-state index is -4.55. The van der Waals surface area contributed by atoms with Gasteiger partial charge >= 0.3 is 6.18 Å². The Kier molecular flexibility index (Phi) is 5.65. The van der Waals surface area contributed by atoms with Gasteiger partial charge in [-0.1, -0.05) is 0 Å². The molecule has 0 aliphatic carbocycles. The van der Waals surface area contributed by atoms with Crippen molar-refractivity contribution < 1.29 is 27.8 Å². The number of alkyl halides is 3. The molecule has 7 heteroatoms. The van der Waals surface area contributed by atoms with Crippen molar-refractivity contribution in [1.29, 1.82) is 0 Å². The van der Waals surface area contributed by atoms with E-state index in [1.807, 2.05) is 0 Å². The number of aliphatic hydroxyl groups is 1. The van der Waals surface area contributed by atoms with E-state index >= 15 is 0 Å². The Morgan fingerprint density at radius 2 is 2.10 bits per heavy atom. The molecule has 0 saturated carbocycles. The molecule has 0 spiro atoms. The van der Waals surface area contributed by atoms with Crippen molar-refractivity contribution in [3.63, 3.8) is 0 Å². The molecule has 0 amide bonds. The van der Waals surface area contributed by atoms with Crippen LogP contribution in [-0.4, -0.2) is 67.3 Å². The second kappa shape index (κ2) is 7.06. The smallest absolute Gasteiger partial charge is 0.382 e. The van der Waals surface area contributed by atoms with Gasteiger partial charge in [0.2, 0.25) is 0 Å². The quantitative estimate of drug-likeness (QED) is 0.756. The molecular weight excluding hydrogens is 275 g/mol. The summed E-state index contributed by atoms with van der Waals surface area (Å²) >= 11 is 0. The van der Waals surface area contributed by atoms with E-state index in [4.69, 9.17) is 9.47 Å². The summed E-state index contributed by atoms with van der Waals surface area (Å²) in [4.78, 5) is 1.67. The summed E-state index contributed by atoms with van der Waals surface area (Å²) in [5.74, 6) is 0. The molecule has 2 fully saturated rings. The number of likely N-dealkylation sites (tertiary alicyclic amines) is 1. The minimum absolute atomic E-state index is 0.130. The maximum absolute atomic E-state index is 12.5. The van der Waals surface area contributed by atoms with Gasteiger partial charge in [-0.15, -0.1) is 0 Å². The van der Waals surface area contributed by atoms with Gasteiger partial charge in [0.1, 0.15) is 0 Å². The first kappa shape index (κ1) is 16.0. The summed E-state index contributed by atoms with van der Waals surface area (Å²) in [5, 5.41) is 9.36. The normalized spacial score (nSPS) is 30.0. The van der Waals surface area contributed by atoms with Crippen LogP contribution >= 0.6 is 0 Å². The summed E-state index contributed by atoms with van der Waals surface area (Å²) in [5.41, 5.74) is 0. The van der Waals surface area contributed by atoms with E-state index in [9.17, 15) is 18.3 Å². The van der Waals surface area contributed by atoms with Crippen LogP contribution in [0.4, 0.5) is 13.2 Å². The highest BCUT2D eigenvalue weighted by molar-refractivity contribution is 4.88. The van der Waals surface area contributed by atoms with Crippen LogP contribution in [0.5, 0.6) is 0 Å². The predicted octanol–water partition coefficient (Wildman–Crippen LogP) is 1.57. The number of hydrogen-bond acceptors (Lipinski definition) is 4. The van der Waals surface area contributed by atoms with E-state index in [2.05, 4.69) is 0 Å². The zero-order chi connectivity index (χ0) is 14.6. The fourth-order valence-corrected chi connectivity index (χ4v) is 2.88. The van der Waals surface area contributed by atoms with E-state index in [-0.39, 0.29) is 6.10 Å². The van der Waals surface area contributed by atoms with Crippen molar-refractivity contribution in [1.82, 2.24) is 4.90 Å². The third-order valence-corrected chi connectivity index (χ3v) is 3.96. The average Bonchev–Trinajstić information content (AvgIpc) is 3.04. The van der Waals surface area contributed by atoms with Crippen LogP contribution in [0, 0.1) is 0 Å². The van der Waals surface area contributed by atoms with Crippen LogP contribution in [0.3, 0.4) is 0 Å². The first-order chi connectivity index (χ1) is 9.48. The van der Waals surface area contributed by atoms with Crippen LogP contribution in [0.2, 0.25) is 0 Å². The fraction of sp³-hybridized carbons (Fsp3) is 1.00. The monoisotopic (exact) mass is 297 g/mol. The minimum Gasteiger partial charge on any atom is -0.382 e. The standard InChI is InChI=1S/C13H22F3NO3/c14-13(15,16)12(18)11-4-1-5-17(11)6-8-19-9-10-3-2-7-20-10/h10-12,18H,1-9H2/t10-,11+,12-/m1/s1. The molecule has 2 aliphatic heterocycles. The molecule has 2 aliphatic rings. The lowest BCUT2D eigenvalue weighted by Crippen LogP contribution is -2.47. The summed E-state index contributed by atoms with van der Waals surface area (Å²) in [6.07, 6.45) is -3.59. The zero-order valence-corrected chi connectivity index (χ0v) is 11.4. The SMILES string of the molecule is O[C@H]([C@@H]1CCCN1CCOC[C@H]1CCCO1)C(F)(F)F. The number of nitrogens with zero attached hydrogens (tertiary/aromatic N) is 1. The first-order valence-corrected chi connectivity index (χ1v) is 7.16. The third kappa shape index (κ3) is 4.31. The van der Waals surface area contributed by atoms with E-state index < -0.39 is 18.3 Å². The maximum Gasteiger partial charge on any atom is 0.415 e. The fourth-order valence-electron chi connectivity index (χ4n) is 2.88. The number of hydrogen-bond donors (Lipinski definition) is 1. The Bertz CT molecular complexity index is 295. The van der Waals surface area contributed by atoms with Crippen LogP contribution in [-0.2, 0) is 9.47 Å². The second-order valence-electron chi connectivity index (χ2n) is 5.44. The highest BCUT2D eigenvalue weighted by atomic mass is 19.4. The van der Waals surface area contributed by atoms with Gasteiger partial charge in [0.15, 0.2) is 6.10 Å². The summed E-state index contributed by atoms with van der Waals surface area (Å²) in [6.45, 7) is 2.65. The summed E-state index contributed by atoms with van der Waals surface area (Å²) < 4.78 is 48.5. The number of rotatable bonds is 6. The Labute approximate surface area is 116 Å². The van der Waals surface area contributed by atoms with E-state index in [0.29, 0.717) is 39.1 Å². The molecule has 3 atom stereocenters. The van der Waals surface area contributed by atoms with Gasteiger partial charge in [-0.3, -0.25) is 4.90 Å². The van der Waals surface area contributed by atoms with Crippen molar-refractivity contribution >= 4 is 0 Å². The molecule has 1 N–H and O–H groups in total. The lowest BCUT2D eigenvalue weighted by atomic mass is 10.1. The number of ether oxygens (including phenoxy) is 2. The summed E-state index contributed by atoms with van der Waals surface area (Å²) in [7, 11) is 0. The highest BCUT2D eigenvalue weighted by Crippen LogP contribution is 2.30. The largest absolute Gasteiger partial charge is 0.415 e. The van der Waals surface area contributed by atoms with Crippen LogP contribution in [0.25, 0.3) is 0 Å². The van der Waals surface area contributed by atoms with Crippen LogP contribution < -0.4 is 0 Å². The van der Waals surface area contributed by atoms with Crippen molar-refractivity contribution in [2.75, 3.05) is 32.9 Å². The van der Waals surface area contributed by atoms with Crippen molar-refractivity contribution in [2.45, 2.75) is 50.1 Å². The Morgan fingerprint density at radius 1 is 1.30 bits per heavy atom. The van der Waals surface area contributed by atoms with E-state index in [1.165, 1.54) is 0 Å². The van der Waals surface area contributed by atoms with Gasteiger partial charge in [-0.25, -0.2) is 0 Å². The first-order valence-electron chi connectivity index (χ1n) is 7.16. The van der Waals surface area contributed by atoms with Gasteiger partial charge in [0, 0.05) is 19.2 Å². The van der Waals surface area contributed by atoms with Gasteiger partial charge < -0.3 is 14.6 Å². The molecule has 2 heterocycles. The topological polar surface area (TPSA) is 41.9 Å². The molecule has 20 heavy (non-hydrogen) atoms. The van der Waals surface area contributed by atoms with Gasteiger partial charge in [0.25, 0.3) is 0 Å². The Hall–Kier alpha value is -0.370. The molecule has 0 aromatic heterocycles. The molecule has 4 nitrogen and oxygen atoms in total. The molecular formula is C13H22F3NO3. The second-order valence-corrected chi connectivity index (χ2v) is 5.44. The highest BCUT2D eigenvalue weighted by Gasteiger charge is 2.46. The predicted molar refractivity (Wildman–Crippen MR) is 66.4 cm³/mol. The van der Waals surface area contributed by atoms with Crippen molar-refractivity contribution in [2.24, 2.45) is 0 Å². The molecule has 0 aromatic rings. The number of halogens is 3. The molecule has 0 radical (unpaired) electrons. The van der Waals surface area contributed by atoms with Gasteiger partial charge in [-0.2, -0.15) is 13.2 Å². The van der Waals surface area contributed by atoms with E-state index in [0.717, 1.165) is 19.4 Å². The third-order valence-electron chi connectivity index (χ3n) is 3.96. The van der Waals surface area contributed by atoms with E-state index in [1.54, 1.807) is 4.90 Å². The molecule has 2 saturated heterocycles. The van der Waals surface area contributed by atoms with Crippen LogP contribution in [0.1, 0.15) is 25.7 Å². The molecule has 118 valence electrons. The maximum atomic E-state index is 12.5. The summed E-state index contributed by atoms with van der Waals surface area (Å²) in [6, 6.07) is -0.832.